The summed E-state index contributed by atoms with van der Waals surface area (Å²) in [6.07, 6.45) is 6.59. The fourth-order valence-electron chi connectivity index (χ4n) is 7.96. The maximum absolute atomic E-state index is 14.7. The maximum Gasteiger partial charge on any atom is 0.408 e. The van der Waals surface area contributed by atoms with Gasteiger partial charge in [-0.25, -0.2) is 4.79 Å². The van der Waals surface area contributed by atoms with Crippen LogP contribution in [-0.4, -0.2) is 87.1 Å². The number of amides is 3. The highest BCUT2D eigenvalue weighted by molar-refractivity contribution is 5.92. The maximum atomic E-state index is 14.7. The van der Waals surface area contributed by atoms with E-state index in [1.807, 2.05) is 45.0 Å². The highest BCUT2D eigenvalue weighted by atomic mass is 16.5. The van der Waals surface area contributed by atoms with Gasteiger partial charge in [-0.2, -0.15) is 0 Å². The Morgan fingerprint density at radius 3 is 2.52 bits per heavy atom. The number of fused-ring (bicyclic) bond motifs is 4. The number of carboxylic acid groups (broad SMARTS) is 1. The molecular formula is C31H44N4O5. The number of benzene rings is 1. The first-order valence-corrected chi connectivity index (χ1v) is 15.2. The molecular weight excluding hydrogens is 508 g/mol. The minimum Gasteiger partial charge on any atom is -0.493 e. The molecule has 2 N–H and O–H groups in total. The Morgan fingerprint density at radius 2 is 1.80 bits per heavy atom. The van der Waals surface area contributed by atoms with E-state index in [1.165, 1.54) is 11.3 Å². The molecule has 9 heteroatoms. The van der Waals surface area contributed by atoms with E-state index in [0.717, 1.165) is 49.8 Å². The summed E-state index contributed by atoms with van der Waals surface area (Å²) in [5.74, 6) is 1.05. The lowest BCUT2D eigenvalue weighted by Gasteiger charge is -2.49. The largest absolute Gasteiger partial charge is 0.493 e. The molecule has 6 rings (SSSR count). The second kappa shape index (κ2) is 10.5. The zero-order valence-corrected chi connectivity index (χ0v) is 24.1. The quantitative estimate of drug-likeness (QED) is 0.572. The van der Waals surface area contributed by atoms with Crippen LogP contribution in [0.25, 0.3) is 0 Å². The molecule has 3 heterocycles. The minimum atomic E-state index is -1.07. The number of piperazine rings is 1. The second-order valence-corrected chi connectivity index (χ2v) is 13.6. The number of hydrogen-bond donors (Lipinski definition) is 2. The van der Waals surface area contributed by atoms with E-state index in [9.17, 15) is 19.5 Å². The van der Waals surface area contributed by atoms with Gasteiger partial charge in [-0.05, 0) is 64.4 Å². The SMILES string of the molecule is CC(C)(C)N(C(=O)O)[C@H](C(=O)N1C[C@H]2C[C@H]3C[C@H]3N2C[C@H]1C(=O)N[C@@H]1CCOc2ccccc21)C1CCCCC1. The number of nitrogens with zero attached hydrogens (tertiary/aromatic N) is 3. The normalized spacial score (nSPS) is 30.8. The lowest BCUT2D eigenvalue weighted by Crippen LogP contribution is -2.68. The van der Waals surface area contributed by atoms with Crippen LogP contribution in [0.2, 0.25) is 0 Å². The van der Waals surface area contributed by atoms with E-state index in [2.05, 4.69) is 10.2 Å². The first-order chi connectivity index (χ1) is 19.1. The average Bonchev–Trinajstić information content (AvgIpc) is 3.61. The van der Waals surface area contributed by atoms with Crippen molar-refractivity contribution in [2.75, 3.05) is 19.7 Å². The Bertz CT molecular complexity index is 1140. The molecule has 0 bridgehead atoms. The molecule has 2 aliphatic carbocycles. The predicted octanol–water partition coefficient (Wildman–Crippen LogP) is 4.03. The Morgan fingerprint density at radius 1 is 1.05 bits per heavy atom. The fraction of sp³-hybridized carbons (Fsp3) is 0.710. The van der Waals surface area contributed by atoms with Crippen molar-refractivity contribution in [3.05, 3.63) is 29.8 Å². The number of para-hydroxylation sites is 1. The van der Waals surface area contributed by atoms with Crippen molar-refractivity contribution in [3.8, 4) is 5.75 Å². The van der Waals surface area contributed by atoms with Crippen molar-refractivity contribution in [3.63, 3.8) is 0 Å². The van der Waals surface area contributed by atoms with Gasteiger partial charge in [0.05, 0.1) is 12.6 Å². The Labute approximate surface area is 237 Å². The Balaban J connectivity index is 1.31. The van der Waals surface area contributed by atoms with Crippen LogP contribution in [0.4, 0.5) is 4.79 Å². The summed E-state index contributed by atoms with van der Waals surface area (Å²) >= 11 is 0. The molecule has 0 aromatic heterocycles. The van der Waals surface area contributed by atoms with Crippen molar-refractivity contribution >= 4 is 17.9 Å². The van der Waals surface area contributed by atoms with Crippen LogP contribution in [0.5, 0.6) is 5.75 Å². The molecule has 40 heavy (non-hydrogen) atoms. The topological polar surface area (TPSA) is 102 Å². The molecule has 0 unspecified atom stereocenters. The van der Waals surface area contributed by atoms with Gasteiger partial charge in [0.2, 0.25) is 11.8 Å². The van der Waals surface area contributed by atoms with Gasteiger partial charge in [0.1, 0.15) is 17.8 Å². The Kier molecular flexibility index (Phi) is 7.21. The van der Waals surface area contributed by atoms with Gasteiger partial charge in [-0.1, -0.05) is 37.5 Å². The summed E-state index contributed by atoms with van der Waals surface area (Å²) in [7, 11) is 0. The van der Waals surface area contributed by atoms with Gasteiger partial charge in [-0.15, -0.1) is 0 Å². The monoisotopic (exact) mass is 552 g/mol. The summed E-state index contributed by atoms with van der Waals surface area (Å²) in [6.45, 7) is 7.10. The number of ether oxygens (including phenoxy) is 1. The summed E-state index contributed by atoms with van der Waals surface area (Å²) in [4.78, 5) is 47.1. The third-order valence-electron chi connectivity index (χ3n) is 9.94. The molecule has 4 fully saturated rings. The third kappa shape index (κ3) is 5.06. The standard InChI is InChI=1S/C31H44N4O5/c1-31(2,3)35(30(38)39)27(19-9-5-4-6-10-19)29(37)34-17-21-15-20-16-24(20)33(21)18-25(34)28(36)32-23-13-14-40-26-12-8-7-11-22(23)26/h7-8,11-12,19-21,23-25,27H,4-6,9-10,13-18H2,1-3H3,(H,32,36)(H,38,39)/t20-,21+,23+,24+,25-,27-/m0/s1. The van der Waals surface area contributed by atoms with E-state index in [1.54, 1.807) is 4.90 Å². The van der Waals surface area contributed by atoms with Crippen molar-refractivity contribution in [1.82, 2.24) is 20.0 Å². The summed E-state index contributed by atoms with van der Waals surface area (Å²) in [5, 5.41) is 13.7. The zero-order valence-electron chi connectivity index (χ0n) is 24.1. The molecule has 1 aromatic carbocycles. The van der Waals surface area contributed by atoms with Crippen molar-refractivity contribution in [1.29, 1.82) is 0 Å². The third-order valence-corrected chi connectivity index (χ3v) is 9.94. The van der Waals surface area contributed by atoms with Crippen molar-refractivity contribution < 1.29 is 24.2 Å². The van der Waals surface area contributed by atoms with Gasteiger partial charge in [-0.3, -0.25) is 19.4 Å². The van der Waals surface area contributed by atoms with E-state index in [-0.39, 0.29) is 29.8 Å². The predicted molar refractivity (Wildman–Crippen MR) is 150 cm³/mol. The van der Waals surface area contributed by atoms with Crippen LogP contribution in [0.3, 0.4) is 0 Å². The molecule has 5 aliphatic rings. The number of nitrogens with one attached hydrogen (secondary N) is 1. The number of rotatable bonds is 5. The molecule has 9 nitrogen and oxygen atoms in total. The smallest absolute Gasteiger partial charge is 0.408 e. The lowest BCUT2D eigenvalue weighted by molar-refractivity contribution is -0.153. The van der Waals surface area contributed by atoms with Gasteiger partial charge >= 0.3 is 6.09 Å². The first-order valence-electron chi connectivity index (χ1n) is 15.2. The number of carbonyl (C=O) groups excluding carboxylic acids is 2. The molecule has 1 aromatic rings. The first kappa shape index (κ1) is 27.4. The van der Waals surface area contributed by atoms with Gasteiger partial charge in [0.25, 0.3) is 0 Å². The number of hydrogen-bond acceptors (Lipinski definition) is 5. The average molecular weight is 553 g/mol. The van der Waals surface area contributed by atoms with Crippen LogP contribution in [0.1, 0.15) is 83.7 Å². The van der Waals surface area contributed by atoms with E-state index < -0.39 is 23.7 Å². The molecule has 2 saturated carbocycles. The zero-order chi connectivity index (χ0) is 28.2. The molecule has 0 spiro atoms. The van der Waals surface area contributed by atoms with Gasteiger partial charge in [0, 0.05) is 42.7 Å². The van der Waals surface area contributed by atoms with Crippen LogP contribution in [0.15, 0.2) is 24.3 Å². The lowest BCUT2D eigenvalue weighted by atomic mass is 9.81. The minimum absolute atomic E-state index is 0.0438. The Hall–Kier alpha value is -2.81. The van der Waals surface area contributed by atoms with Gasteiger partial charge in [0.15, 0.2) is 0 Å². The van der Waals surface area contributed by atoms with Gasteiger partial charge < -0.3 is 20.1 Å². The van der Waals surface area contributed by atoms with Crippen LogP contribution >= 0.6 is 0 Å². The molecule has 0 radical (unpaired) electrons. The van der Waals surface area contributed by atoms with Crippen molar-refractivity contribution in [2.24, 2.45) is 11.8 Å². The number of piperidine rings is 1. The van der Waals surface area contributed by atoms with E-state index in [0.29, 0.717) is 38.1 Å². The molecule has 6 atom stereocenters. The van der Waals surface area contributed by atoms with Crippen molar-refractivity contribution in [2.45, 2.75) is 108 Å². The van der Waals surface area contributed by atoms with E-state index >= 15 is 0 Å². The molecule has 3 amide bonds. The second-order valence-electron chi connectivity index (χ2n) is 13.6. The highest BCUT2D eigenvalue weighted by Gasteiger charge is 2.57. The van der Waals surface area contributed by atoms with Crippen LogP contribution in [-0.2, 0) is 9.59 Å². The summed E-state index contributed by atoms with van der Waals surface area (Å²) in [6, 6.07) is 6.92. The molecule has 3 aliphatic heterocycles. The van der Waals surface area contributed by atoms with Crippen LogP contribution in [0, 0.1) is 11.8 Å². The van der Waals surface area contributed by atoms with Crippen LogP contribution < -0.4 is 10.1 Å². The summed E-state index contributed by atoms with van der Waals surface area (Å²) in [5.41, 5.74) is 0.214. The fourth-order valence-corrected chi connectivity index (χ4v) is 7.96. The molecule has 2 saturated heterocycles. The highest BCUT2D eigenvalue weighted by Crippen LogP contribution is 2.49. The summed E-state index contributed by atoms with van der Waals surface area (Å²) < 4.78 is 5.81. The van der Waals surface area contributed by atoms with E-state index in [4.69, 9.17) is 4.74 Å². The molecule has 218 valence electrons. The number of carbonyl (C=O) groups is 3.